The molecule has 1 atom stereocenters. The van der Waals surface area contributed by atoms with Crippen LogP contribution in [0.2, 0.25) is 18.1 Å². The fourth-order valence-corrected chi connectivity index (χ4v) is 6.61. The summed E-state index contributed by atoms with van der Waals surface area (Å²) in [7, 11) is -4.33. The number of nitrogens with zero attached hydrogens (tertiary/aromatic N) is 2. The minimum atomic E-state index is -3.73. The summed E-state index contributed by atoms with van der Waals surface area (Å²) in [6.07, 6.45) is -0.214. The average Bonchev–Trinajstić information content (AvgIpc) is 3.42. The number of aromatic nitrogens is 1. The van der Waals surface area contributed by atoms with E-state index in [1.807, 2.05) is 12.1 Å². The van der Waals surface area contributed by atoms with E-state index in [1.165, 1.54) is 11.6 Å². The van der Waals surface area contributed by atoms with Gasteiger partial charge in [0, 0.05) is 29.7 Å². The zero-order chi connectivity index (χ0) is 26.5. The zero-order valence-corrected chi connectivity index (χ0v) is 23.5. The molecule has 1 aliphatic rings. The van der Waals surface area contributed by atoms with Gasteiger partial charge in [0.1, 0.15) is 0 Å². The van der Waals surface area contributed by atoms with E-state index >= 15 is 0 Å². The average molecular weight is 530 g/mol. The largest absolute Gasteiger partial charge is 0.464 e. The summed E-state index contributed by atoms with van der Waals surface area (Å²) in [4.78, 5) is 14.6. The van der Waals surface area contributed by atoms with Gasteiger partial charge in [-0.15, -0.1) is 0 Å². The predicted octanol–water partition coefficient (Wildman–Crippen LogP) is 5.34. The molecule has 0 saturated carbocycles. The topological polar surface area (TPSA) is 101 Å². The van der Waals surface area contributed by atoms with Crippen LogP contribution in [-0.4, -0.2) is 58.7 Å². The van der Waals surface area contributed by atoms with Crippen LogP contribution in [0.15, 0.2) is 53.4 Å². The maximum atomic E-state index is 12.6. The smallest absolute Gasteiger partial charge is 0.416 e. The summed E-state index contributed by atoms with van der Waals surface area (Å²) in [5.74, 6) is 0. The van der Waals surface area contributed by atoms with Crippen LogP contribution in [0.4, 0.5) is 10.5 Å². The lowest BCUT2D eigenvalue weighted by atomic mass is 10.1. The van der Waals surface area contributed by atoms with E-state index in [4.69, 9.17) is 4.43 Å². The van der Waals surface area contributed by atoms with Crippen molar-refractivity contribution in [2.45, 2.75) is 56.3 Å². The molecule has 1 fully saturated rings. The Hall–Kier alpha value is -2.66. The van der Waals surface area contributed by atoms with E-state index in [-0.39, 0.29) is 16.0 Å². The molecule has 0 unspecified atom stereocenters. The number of benzene rings is 2. The molecule has 1 saturated heterocycles. The Labute approximate surface area is 214 Å². The van der Waals surface area contributed by atoms with Crippen LogP contribution in [-0.2, 0) is 14.4 Å². The summed E-state index contributed by atoms with van der Waals surface area (Å²) < 4.78 is 35.5. The monoisotopic (exact) mass is 529 g/mol. The maximum absolute atomic E-state index is 12.6. The molecule has 2 heterocycles. The lowest BCUT2D eigenvalue weighted by molar-refractivity contribution is 0.197. The summed E-state index contributed by atoms with van der Waals surface area (Å²) in [5, 5.41) is 11.0. The number of sulfonamides is 1. The van der Waals surface area contributed by atoms with Gasteiger partial charge in [-0.2, -0.15) is 0 Å². The summed E-state index contributed by atoms with van der Waals surface area (Å²) >= 11 is 0. The third-order valence-electron chi connectivity index (χ3n) is 7.48. The van der Waals surface area contributed by atoms with Crippen LogP contribution in [0, 0.1) is 0 Å². The molecule has 3 aromatic rings. The Bertz CT molecular complexity index is 1410. The lowest BCUT2D eigenvalue weighted by Gasteiger charge is -2.38. The van der Waals surface area contributed by atoms with Gasteiger partial charge < -0.3 is 14.4 Å². The van der Waals surface area contributed by atoms with Crippen LogP contribution in [0.1, 0.15) is 27.2 Å². The number of hydrogen-bond donors (Lipinski definition) is 2. The number of nitrogens with one attached hydrogen (secondary N) is 1. The Morgan fingerprint density at radius 3 is 2.47 bits per heavy atom. The number of rotatable bonds is 6. The van der Waals surface area contributed by atoms with E-state index < -0.39 is 24.4 Å². The van der Waals surface area contributed by atoms with Crippen LogP contribution in [0.3, 0.4) is 0 Å². The highest BCUT2D eigenvalue weighted by atomic mass is 32.2. The molecule has 0 spiro atoms. The molecule has 194 valence electrons. The number of anilines is 1. The standard InChI is InChI=1S/C26H35N3O5SSi/c1-26(2,3)36(5,6)34-19-13-14-28(17-19)23-12-11-20(35(32,33)27-4)16-21(23)24-15-18-9-7-8-10-22(18)29(24)25(30)31/h7-12,15-16,19,27H,13-14,17H2,1-6H3,(H,30,31)/t19-/m0/s1. The first-order chi connectivity index (χ1) is 16.7. The molecule has 2 N–H and O–H groups in total. The summed E-state index contributed by atoms with van der Waals surface area (Å²) in [6.45, 7) is 12.5. The van der Waals surface area contributed by atoms with Crippen molar-refractivity contribution in [1.82, 2.24) is 9.29 Å². The fourth-order valence-electron chi connectivity index (χ4n) is 4.48. The van der Waals surface area contributed by atoms with Crippen LogP contribution in [0.25, 0.3) is 22.2 Å². The third kappa shape index (κ3) is 4.82. The predicted molar refractivity (Wildman–Crippen MR) is 146 cm³/mol. The highest BCUT2D eigenvalue weighted by Gasteiger charge is 2.41. The van der Waals surface area contributed by atoms with E-state index in [9.17, 15) is 18.3 Å². The van der Waals surface area contributed by atoms with Crippen LogP contribution in [0.5, 0.6) is 0 Å². The molecule has 1 aromatic heterocycles. The SMILES string of the molecule is CNS(=O)(=O)c1ccc(N2CC[C@H](O[Si](C)(C)C(C)(C)C)C2)c(-c2cc3ccccc3n2C(=O)O)c1. The minimum Gasteiger partial charge on any atom is -0.464 e. The van der Waals surface area contributed by atoms with Gasteiger partial charge in [0.2, 0.25) is 10.0 Å². The minimum absolute atomic E-state index is 0.0600. The zero-order valence-electron chi connectivity index (χ0n) is 21.7. The van der Waals surface area contributed by atoms with Crippen molar-refractivity contribution in [3.63, 3.8) is 0 Å². The Morgan fingerprint density at radius 1 is 1.14 bits per heavy atom. The van der Waals surface area contributed by atoms with Gasteiger partial charge in [-0.05, 0) is 61.9 Å². The van der Waals surface area contributed by atoms with E-state index in [1.54, 1.807) is 36.4 Å². The lowest BCUT2D eigenvalue weighted by Crippen LogP contribution is -2.44. The van der Waals surface area contributed by atoms with Crippen molar-refractivity contribution >= 4 is 41.0 Å². The molecule has 1 aliphatic heterocycles. The van der Waals surface area contributed by atoms with Crippen LogP contribution >= 0.6 is 0 Å². The number of fused-ring (bicyclic) bond motifs is 1. The molecular weight excluding hydrogens is 494 g/mol. The molecule has 36 heavy (non-hydrogen) atoms. The van der Waals surface area contributed by atoms with Gasteiger partial charge in [-0.3, -0.25) is 0 Å². The summed E-state index contributed by atoms with van der Waals surface area (Å²) in [6, 6.07) is 14.0. The van der Waals surface area contributed by atoms with Gasteiger partial charge in [-0.25, -0.2) is 22.5 Å². The normalized spacial score (nSPS) is 17.2. The van der Waals surface area contributed by atoms with Crippen molar-refractivity contribution in [1.29, 1.82) is 0 Å². The fraction of sp³-hybridized carbons (Fsp3) is 0.423. The van der Waals surface area contributed by atoms with E-state index in [0.717, 1.165) is 24.0 Å². The molecule has 0 bridgehead atoms. The number of para-hydroxylation sites is 1. The van der Waals surface area contributed by atoms with Crippen molar-refractivity contribution in [2.75, 3.05) is 25.0 Å². The molecule has 0 radical (unpaired) electrons. The maximum Gasteiger partial charge on any atom is 0.416 e. The second kappa shape index (κ2) is 9.33. The van der Waals surface area contributed by atoms with Gasteiger partial charge in [0.05, 0.1) is 22.2 Å². The molecule has 2 aromatic carbocycles. The van der Waals surface area contributed by atoms with Crippen molar-refractivity contribution in [2.24, 2.45) is 0 Å². The van der Waals surface area contributed by atoms with Crippen molar-refractivity contribution < 1.29 is 22.7 Å². The molecule has 4 rings (SSSR count). The third-order valence-corrected chi connectivity index (χ3v) is 13.4. The highest BCUT2D eigenvalue weighted by Crippen LogP contribution is 2.41. The second-order valence-electron chi connectivity index (χ2n) is 10.8. The first kappa shape index (κ1) is 26.4. The van der Waals surface area contributed by atoms with Gasteiger partial charge >= 0.3 is 6.09 Å². The number of carbonyl (C=O) groups is 1. The molecule has 0 aliphatic carbocycles. The van der Waals surface area contributed by atoms with Gasteiger partial charge in [-0.1, -0.05) is 39.0 Å². The number of carboxylic acid groups (broad SMARTS) is 1. The van der Waals surface area contributed by atoms with Crippen molar-refractivity contribution in [3.05, 3.63) is 48.5 Å². The Balaban J connectivity index is 1.82. The molecular formula is C26H35N3O5SSi. The Kier molecular flexibility index (Phi) is 6.84. The van der Waals surface area contributed by atoms with E-state index in [0.29, 0.717) is 23.3 Å². The first-order valence-corrected chi connectivity index (χ1v) is 16.5. The number of hydrogen-bond acceptors (Lipinski definition) is 5. The van der Waals surface area contributed by atoms with E-state index in [2.05, 4.69) is 43.5 Å². The summed E-state index contributed by atoms with van der Waals surface area (Å²) in [5.41, 5.74) is 2.32. The second-order valence-corrected chi connectivity index (χ2v) is 17.5. The molecule has 0 amide bonds. The van der Waals surface area contributed by atoms with Gasteiger partial charge in [0.15, 0.2) is 8.32 Å². The molecule has 8 nitrogen and oxygen atoms in total. The van der Waals surface area contributed by atoms with Crippen molar-refractivity contribution in [3.8, 4) is 11.3 Å². The Morgan fingerprint density at radius 2 is 1.83 bits per heavy atom. The first-order valence-electron chi connectivity index (χ1n) is 12.1. The molecule has 10 heteroatoms. The quantitative estimate of drug-likeness (QED) is 0.418. The van der Waals surface area contributed by atoms with Crippen LogP contribution < -0.4 is 9.62 Å². The van der Waals surface area contributed by atoms with Gasteiger partial charge in [0.25, 0.3) is 0 Å². The highest BCUT2D eigenvalue weighted by molar-refractivity contribution is 7.89.